The minimum atomic E-state index is 0. The van der Waals surface area contributed by atoms with Gasteiger partial charge in [0.2, 0.25) is 0 Å². The van der Waals surface area contributed by atoms with Gasteiger partial charge < -0.3 is 9.64 Å². The quantitative estimate of drug-likeness (QED) is 0.832. The molecule has 0 aliphatic heterocycles. The second-order valence-corrected chi connectivity index (χ2v) is 5.25. The third-order valence-corrected chi connectivity index (χ3v) is 3.78. The van der Waals surface area contributed by atoms with Crippen LogP contribution in [0.15, 0.2) is 24.3 Å². The van der Waals surface area contributed by atoms with Crippen LogP contribution in [0.25, 0.3) is 0 Å². The molecule has 2 rings (SSSR count). The first-order chi connectivity index (χ1) is 8.22. The van der Waals surface area contributed by atoms with Crippen LogP contribution < -0.4 is 0 Å². The minimum absolute atomic E-state index is 0. The van der Waals surface area contributed by atoms with E-state index in [-0.39, 0.29) is 12.4 Å². The standard InChI is InChI=1S/C15H23NO.ClH/c1-16(2)11-10-13-9-8-12-6-4-5-7-14(12)15(13)17-3;/h4-7,13,15H,8-11H2,1-3H3;1H. The molecule has 2 nitrogen and oxygen atoms in total. The highest BCUT2D eigenvalue weighted by Crippen LogP contribution is 2.38. The van der Waals surface area contributed by atoms with Gasteiger partial charge in [-0.1, -0.05) is 24.3 Å². The van der Waals surface area contributed by atoms with Crippen molar-refractivity contribution in [3.63, 3.8) is 0 Å². The van der Waals surface area contributed by atoms with Gasteiger partial charge in [0.15, 0.2) is 0 Å². The number of methoxy groups -OCH3 is 1. The third-order valence-electron chi connectivity index (χ3n) is 3.78. The van der Waals surface area contributed by atoms with Gasteiger partial charge in [-0.05, 0) is 56.9 Å². The third kappa shape index (κ3) is 3.47. The molecule has 0 saturated carbocycles. The van der Waals surface area contributed by atoms with E-state index in [1.807, 2.05) is 7.11 Å². The Labute approximate surface area is 117 Å². The molecule has 18 heavy (non-hydrogen) atoms. The Hall–Kier alpha value is -0.570. The van der Waals surface area contributed by atoms with Gasteiger partial charge in [0.25, 0.3) is 0 Å². The fourth-order valence-corrected chi connectivity index (χ4v) is 2.82. The van der Waals surface area contributed by atoms with Crippen molar-refractivity contribution in [3.05, 3.63) is 35.4 Å². The molecule has 1 aromatic carbocycles. The van der Waals surface area contributed by atoms with E-state index in [1.54, 1.807) is 0 Å². The average Bonchev–Trinajstić information content (AvgIpc) is 2.35. The summed E-state index contributed by atoms with van der Waals surface area (Å²) in [5, 5.41) is 0. The summed E-state index contributed by atoms with van der Waals surface area (Å²) in [5.41, 5.74) is 2.88. The summed E-state index contributed by atoms with van der Waals surface area (Å²) in [6, 6.07) is 8.72. The summed E-state index contributed by atoms with van der Waals surface area (Å²) < 4.78 is 5.74. The average molecular weight is 270 g/mol. The van der Waals surface area contributed by atoms with Crippen LogP contribution in [0.2, 0.25) is 0 Å². The number of fused-ring (bicyclic) bond motifs is 1. The number of benzene rings is 1. The number of ether oxygens (including phenoxy) is 1. The number of aryl methyl sites for hydroxylation is 1. The van der Waals surface area contributed by atoms with Gasteiger partial charge in [0.05, 0.1) is 6.10 Å². The van der Waals surface area contributed by atoms with Crippen LogP contribution in [-0.2, 0) is 11.2 Å². The maximum Gasteiger partial charge on any atom is 0.0852 e. The molecule has 0 radical (unpaired) electrons. The number of hydrogen-bond donors (Lipinski definition) is 0. The van der Waals surface area contributed by atoms with E-state index in [0.717, 1.165) is 6.54 Å². The Kier molecular flexibility index (Phi) is 6.13. The number of rotatable bonds is 4. The van der Waals surface area contributed by atoms with Gasteiger partial charge in [-0.15, -0.1) is 12.4 Å². The number of nitrogens with zero attached hydrogens (tertiary/aromatic N) is 1. The van der Waals surface area contributed by atoms with Crippen molar-refractivity contribution in [2.24, 2.45) is 5.92 Å². The van der Waals surface area contributed by atoms with E-state index in [2.05, 4.69) is 43.3 Å². The fourth-order valence-electron chi connectivity index (χ4n) is 2.82. The Bertz CT molecular complexity index is 367. The van der Waals surface area contributed by atoms with Gasteiger partial charge in [-0.3, -0.25) is 0 Å². The molecule has 2 atom stereocenters. The van der Waals surface area contributed by atoms with Crippen molar-refractivity contribution in [1.29, 1.82) is 0 Å². The molecule has 3 heteroatoms. The molecule has 2 unspecified atom stereocenters. The van der Waals surface area contributed by atoms with E-state index < -0.39 is 0 Å². The first kappa shape index (κ1) is 15.5. The Morgan fingerprint density at radius 2 is 2.00 bits per heavy atom. The lowest BCUT2D eigenvalue weighted by atomic mass is 9.79. The Balaban J connectivity index is 0.00000162. The van der Waals surface area contributed by atoms with Crippen molar-refractivity contribution in [1.82, 2.24) is 4.90 Å². The predicted octanol–water partition coefficient (Wildman–Crippen LogP) is 3.31. The second-order valence-electron chi connectivity index (χ2n) is 5.25. The number of halogens is 1. The van der Waals surface area contributed by atoms with E-state index in [0.29, 0.717) is 12.0 Å². The zero-order chi connectivity index (χ0) is 12.3. The maximum atomic E-state index is 5.74. The largest absolute Gasteiger partial charge is 0.376 e. The monoisotopic (exact) mass is 269 g/mol. The highest BCUT2D eigenvalue weighted by Gasteiger charge is 2.28. The molecule has 0 spiro atoms. The molecule has 1 aliphatic carbocycles. The van der Waals surface area contributed by atoms with Crippen molar-refractivity contribution in [2.45, 2.75) is 25.4 Å². The molecule has 102 valence electrons. The molecule has 0 saturated heterocycles. The van der Waals surface area contributed by atoms with E-state index >= 15 is 0 Å². The van der Waals surface area contributed by atoms with E-state index in [1.165, 1.54) is 30.4 Å². The van der Waals surface area contributed by atoms with Gasteiger partial charge in [-0.2, -0.15) is 0 Å². The van der Waals surface area contributed by atoms with Gasteiger partial charge >= 0.3 is 0 Å². The molecule has 1 aromatic rings. The molecule has 0 aromatic heterocycles. The SMILES string of the molecule is COC1c2ccccc2CCC1CCN(C)C.Cl. The first-order valence-corrected chi connectivity index (χ1v) is 6.47. The second kappa shape index (κ2) is 7.13. The fraction of sp³-hybridized carbons (Fsp3) is 0.600. The molecule has 0 fully saturated rings. The van der Waals surface area contributed by atoms with Crippen molar-refractivity contribution >= 4 is 12.4 Å². The summed E-state index contributed by atoms with van der Waals surface area (Å²) in [7, 11) is 6.12. The molecule has 0 amide bonds. The Morgan fingerprint density at radius 1 is 1.28 bits per heavy atom. The minimum Gasteiger partial charge on any atom is -0.376 e. The molecular formula is C15H24ClNO. The zero-order valence-corrected chi connectivity index (χ0v) is 12.4. The molecule has 0 heterocycles. The van der Waals surface area contributed by atoms with Crippen LogP contribution in [0.3, 0.4) is 0 Å². The van der Waals surface area contributed by atoms with Crippen molar-refractivity contribution < 1.29 is 4.74 Å². The van der Waals surface area contributed by atoms with Crippen LogP contribution >= 0.6 is 12.4 Å². The lowest BCUT2D eigenvalue weighted by Gasteiger charge is -2.33. The Morgan fingerprint density at radius 3 is 2.67 bits per heavy atom. The summed E-state index contributed by atoms with van der Waals surface area (Å²) in [4.78, 5) is 2.26. The predicted molar refractivity (Wildman–Crippen MR) is 78.4 cm³/mol. The summed E-state index contributed by atoms with van der Waals surface area (Å²) in [6.45, 7) is 1.15. The van der Waals surface area contributed by atoms with Crippen molar-refractivity contribution in [2.75, 3.05) is 27.7 Å². The molecule has 0 N–H and O–H groups in total. The van der Waals surface area contributed by atoms with Crippen LogP contribution in [0.5, 0.6) is 0 Å². The molecule has 1 aliphatic rings. The molecule has 0 bridgehead atoms. The lowest BCUT2D eigenvalue weighted by Crippen LogP contribution is -2.26. The summed E-state index contributed by atoms with van der Waals surface area (Å²) in [6.07, 6.45) is 3.97. The van der Waals surface area contributed by atoms with Crippen LogP contribution in [0.1, 0.15) is 30.1 Å². The molecular weight excluding hydrogens is 246 g/mol. The van der Waals surface area contributed by atoms with E-state index in [4.69, 9.17) is 4.74 Å². The highest BCUT2D eigenvalue weighted by molar-refractivity contribution is 5.85. The number of hydrogen-bond acceptors (Lipinski definition) is 2. The van der Waals surface area contributed by atoms with Crippen LogP contribution in [0, 0.1) is 5.92 Å². The normalized spacial score (nSPS) is 22.4. The topological polar surface area (TPSA) is 12.5 Å². The smallest absolute Gasteiger partial charge is 0.0852 e. The maximum absolute atomic E-state index is 5.74. The first-order valence-electron chi connectivity index (χ1n) is 6.47. The van der Waals surface area contributed by atoms with Crippen LogP contribution in [0.4, 0.5) is 0 Å². The van der Waals surface area contributed by atoms with Crippen molar-refractivity contribution in [3.8, 4) is 0 Å². The zero-order valence-electron chi connectivity index (χ0n) is 11.6. The van der Waals surface area contributed by atoms with Gasteiger partial charge in [0, 0.05) is 7.11 Å². The van der Waals surface area contributed by atoms with E-state index in [9.17, 15) is 0 Å². The highest BCUT2D eigenvalue weighted by atomic mass is 35.5. The van der Waals surface area contributed by atoms with Gasteiger partial charge in [-0.25, -0.2) is 0 Å². The summed E-state index contributed by atoms with van der Waals surface area (Å²) in [5.74, 6) is 0.664. The lowest BCUT2D eigenvalue weighted by molar-refractivity contribution is 0.0343. The van der Waals surface area contributed by atoms with Crippen LogP contribution in [-0.4, -0.2) is 32.6 Å². The van der Waals surface area contributed by atoms with Gasteiger partial charge in [0.1, 0.15) is 0 Å². The summed E-state index contributed by atoms with van der Waals surface area (Å²) >= 11 is 0.